The Hall–Kier alpha value is -2.59. The second-order valence-corrected chi connectivity index (χ2v) is 5.74. The highest BCUT2D eigenvalue weighted by Gasteiger charge is 2.20. The van der Waals surface area contributed by atoms with Crippen LogP contribution in [0, 0.1) is 11.3 Å². The first kappa shape index (κ1) is 14.0. The number of rotatable bonds is 4. The van der Waals surface area contributed by atoms with Gasteiger partial charge in [-0.2, -0.15) is 5.26 Å². The summed E-state index contributed by atoms with van der Waals surface area (Å²) in [6, 6.07) is 7.79. The van der Waals surface area contributed by atoms with Crippen LogP contribution < -0.4 is 9.47 Å². The van der Waals surface area contributed by atoms with Crippen LogP contribution in [0.1, 0.15) is 18.5 Å². The molecule has 0 aliphatic carbocycles. The number of likely N-dealkylation sites (tertiary alicyclic amines) is 1. The molecule has 2 aliphatic rings. The van der Waals surface area contributed by atoms with Crippen molar-refractivity contribution in [2.45, 2.75) is 19.4 Å². The van der Waals surface area contributed by atoms with E-state index >= 15 is 0 Å². The average Bonchev–Trinajstić information content (AvgIpc) is 3.31. The van der Waals surface area contributed by atoms with Crippen LogP contribution in [0.15, 0.2) is 18.2 Å². The van der Waals surface area contributed by atoms with Crippen LogP contribution in [0.5, 0.6) is 11.5 Å². The van der Waals surface area contributed by atoms with Gasteiger partial charge in [0.2, 0.25) is 6.79 Å². The first-order valence-electron chi connectivity index (χ1n) is 7.81. The van der Waals surface area contributed by atoms with Crippen molar-refractivity contribution in [1.82, 2.24) is 19.9 Å². The van der Waals surface area contributed by atoms with Crippen LogP contribution in [0.3, 0.4) is 0 Å². The van der Waals surface area contributed by atoms with Crippen LogP contribution in [-0.2, 0) is 6.54 Å². The third-order valence-corrected chi connectivity index (χ3v) is 4.31. The SMILES string of the molecule is N#Cc1nnn(CCN2CCCC2)c1-c1ccc2c(c1)OCO2. The Morgan fingerprint density at radius 3 is 2.78 bits per heavy atom. The van der Waals surface area contributed by atoms with Crippen LogP contribution in [0.4, 0.5) is 0 Å². The Labute approximate surface area is 134 Å². The fraction of sp³-hybridized carbons (Fsp3) is 0.438. The maximum Gasteiger partial charge on any atom is 0.231 e. The molecule has 1 fully saturated rings. The maximum absolute atomic E-state index is 9.33. The lowest BCUT2D eigenvalue weighted by molar-refractivity contribution is 0.174. The number of nitrogens with zero attached hydrogens (tertiary/aromatic N) is 5. The van der Waals surface area contributed by atoms with Gasteiger partial charge in [-0.1, -0.05) is 5.21 Å². The predicted octanol–water partition coefficient (Wildman–Crippen LogP) is 1.64. The van der Waals surface area contributed by atoms with Gasteiger partial charge in [0.15, 0.2) is 17.2 Å². The van der Waals surface area contributed by atoms with Crippen molar-refractivity contribution < 1.29 is 9.47 Å². The van der Waals surface area contributed by atoms with Crippen LogP contribution >= 0.6 is 0 Å². The molecule has 0 spiro atoms. The van der Waals surface area contributed by atoms with Crippen molar-refractivity contribution in [3.8, 4) is 28.8 Å². The van der Waals surface area contributed by atoms with Crippen molar-refractivity contribution in [1.29, 1.82) is 5.26 Å². The number of ether oxygens (including phenoxy) is 2. The molecule has 118 valence electrons. The van der Waals surface area contributed by atoms with Gasteiger partial charge in [0.1, 0.15) is 11.8 Å². The average molecular weight is 311 g/mol. The molecular formula is C16H17N5O2. The van der Waals surface area contributed by atoms with E-state index in [9.17, 15) is 5.26 Å². The van der Waals surface area contributed by atoms with Crippen molar-refractivity contribution in [3.05, 3.63) is 23.9 Å². The number of hydrogen-bond acceptors (Lipinski definition) is 6. The molecule has 0 atom stereocenters. The van der Waals surface area contributed by atoms with Gasteiger partial charge in [-0.25, -0.2) is 4.68 Å². The number of fused-ring (bicyclic) bond motifs is 1. The van der Waals surface area contributed by atoms with Gasteiger partial charge in [0.05, 0.1) is 6.54 Å². The Morgan fingerprint density at radius 1 is 1.13 bits per heavy atom. The van der Waals surface area contributed by atoms with Gasteiger partial charge in [-0.05, 0) is 44.1 Å². The first-order chi connectivity index (χ1) is 11.3. The normalized spacial score (nSPS) is 16.7. The molecule has 2 aromatic rings. The molecule has 0 radical (unpaired) electrons. The van der Waals surface area contributed by atoms with Gasteiger partial charge >= 0.3 is 0 Å². The summed E-state index contributed by atoms with van der Waals surface area (Å²) in [7, 11) is 0. The van der Waals surface area contributed by atoms with E-state index in [0.717, 1.165) is 43.2 Å². The fourth-order valence-electron chi connectivity index (χ4n) is 3.12. The highest BCUT2D eigenvalue weighted by molar-refractivity contribution is 5.68. The zero-order valence-electron chi connectivity index (χ0n) is 12.7. The van der Waals surface area contributed by atoms with E-state index < -0.39 is 0 Å². The van der Waals surface area contributed by atoms with Crippen LogP contribution in [0.2, 0.25) is 0 Å². The minimum atomic E-state index is 0.233. The fourth-order valence-corrected chi connectivity index (χ4v) is 3.12. The molecule has 0 amide bonds. The first-order valence-corrected chi connectivity index (χ1v) is 7.81. The summed E-state index contributed by atoms with van der Waals surface area (Å²) < 4.78 is 12.6. The predicted molar refractivity (Wildman–Crippen MR) is 82.0 cm³/mol. The molecule has 2 aliphatic heterocycles. The van der Waals surface area contributed by atoms with E-state index in [4.69, 9.17) is 9.47 Å². The molecule has 0 bridgehead atoms. The molecular weight excluding hydrogens is 294 g/mol. The molecule has 0 unspecified atom stereocenters. The molecule has 1 aromatic carbocycles. The number of hydrogen-bond donors (Lipinski definition) is 0. The Balaban J connectivity index is 1.63. The minimum absolute atomic E-state index is 0.233. The van der Waals surface area contributed by atoms with E-state index in [1.54, 1.807) is 0 Å². The smallest absolute Gasteiger partial charge is 0.231 e. The highest BCUT2D eigenvalue weighted by Crippen LogP contribution is 2.36. The third kappa shape index (κ3) is 2.62. The summed E-state index contributed by atoms with van der Waals surface area (Å²) >= 11 is 0. The summed E-state index contributed by atoms with van der Waals surface area (Å²) in [6.45, 7) is 4.15. The van der Waals surface area contributed by atoms with E-state index in [0.29, 0.717) is 11.4 Å². The molecule has 7 nitrogen and oxygen atoms in total. The third-order valence-electron chi connectivity index (χ3n) is 4.31. The van der Waals surface area contributed by atoms with E-state index in [-0.39, 0.29) is 6.79 Å². The lowest BCUT2D eigenvalue weighted by atomic mass is 10.1. The topological polar surface area (TPSA) is 76.2 Å². The summed E-state index contributed by atoms with van der Waals surface area (Å²) in [4.78, 5) is 2.41. The monoisotopic (exact) mass is 311 g/mol. The van der Waals surface area contributed by atoms with E-state index in [2.05, 4.69) is 21.3 Å². The molecule has 23 heavy (non-hydrogen) atoms. The van der Waals surface area contributed by atoms with Gasteiger partial charge < -0.3 is 14.4 Å². The number of nitriles is 1. The van der Waals surface area contributed by atoms with Crippen LogP contribution in [-0.4, -0.2) is 46.3 Å². The van der Waals surface area contributed by atoms with Crippen molar-refractivity contribution in [3.63, 3.8) is 0 Å². The van der Waals surface area contributed by atoms with Crippen molar-refractivity contribution >= 4 is 0 Å². The standard InChI is InChI=1S/C16H17N5O2/c17-10-13-16(12-3-4-14-15(9-12)23-11-22-14)21(19-18-13)8-7-20-5-1-2-6-20/h3-4,9H,1-2,5-8,11H2. The molecule has 7 heteroatoms. The zero-order chi connectivity index (χ0) is 15.6. The second kappa shape index (κ2) is 5.89. The number of aromatic nitrogens is 3. The lowest BCUT2D eigenvalue weighted by Gasteiger charge is -2.15. The van der Waals surface area contributed by atoms with Gasteiger partial charge in [-0.3, -0.25) is 0 Å². The molecule has 1 aromatic heterocycles. The van der Waals surface area contributed by atoms with Crippen molar-refractivity contribution in [2.24, 2.45) is 0 Å². The second-order valence-electron chi connectivity index (χ2n) is 5.74. The van der Waals surface area contributed by atoms with Gasteiger partial charge in [0, 0.05) is 12.1 Å². The van der Waals surface area contributed by atoms with Crippen LogP contribution in [0.25, 0.3) is 11.3 Å². The summed E-state index contributed by atoms with van der Waals surface area (Å²) in [5.41, 5.74) is 1.95. The Morgan fingerprint density at radius 2 is 1.96 bits per heavy atom. The number of benzene rings is 1. The zero-order valence-corrected chi connectivity index (χ0v) is 12.7. The molecule has 4 rings (SSSR count). The summed E-state index contributed by atoms with van der Waals surface area (Å²) in [5, 5.41) is 17.5. The Kier molecular flexibility index (Phi) is 3.60. The molecule has 0 saturated carbocycles. The van der Waals surface area contributed by atoms with Gasteiger partial charge in [-0.15, -0.1) is 5.10 Å². The maximum atomic E-state index is 9.33. The summed E-state index contributed by atoms with van der Waals surface area (Å²) in [5.74, 6) is 1.42. The molecule has 1 saturated heterocycles. The quantitative estimate of drug-likeness (QED) is 0.854. The molecule has 0 N–H and O–H groups in total. The van der Waals surface area contributed by atoms with Crippen molar-refractivity contribution in [2.75, 3.05) is 26.4 Å². The molecule has 3 heterocycles. The Bertz CT molecular complexity index is 758. The van der Waals surface area contributed by atoms with E-state index in [1.807, 2.05) is 22.9 Å². The summed E-state index contributed by atoms with van der Waals surface area (Å²) in [6.07, 6.45) is 2.52. The largest absolute Gasteiger partial charge is 0.454 e. The minimum Gasteiger partial charge on any atom is -0.454 e. The highest BCUT2D eigenvalue weighted by atomic mass is 16.7. The van der Waals surface area contributed by atoms with E-state index in [1.165, 1.54) is 12.8 Å². The van der Waals surface area contributed by atoms with Gasteiger partial charge in [0.25, 0.3) is 0 Å². The lowest BCUT2D eigenvalue weighted by Crippen LogP contribution is -2.24.